The summed E-state index contributed by atoms with van der Waals surface area (Å²) in [5.41, 5.74) is 2.50. The van der Waals surface area contributed by atoms with E-state index in [4.69, 9.17) is 14.5 Å². The minimum Gasteiger partial charge on any atom is -0.497 e. The summed E-state index contributed by atoms with van der Waals surface area (Å²) in [5, 5.41) is 4.13. The smallest absolute Gasteiger partial charge is 0.278 e. The average Bonchev–Trinajstić information content (AvgIpc) is 3.06. The number of amides is 1. The number of nitrogens with zero attached hydrogens (tertiary/aromatic N) is 3. The van der Waals surface area contributed by atoms with Gasteiger partial charge in [0.15, 0.2) is 5.16 Å². The monoisotopic (exact) mass is 438 g/mol. The molecule has 4 aromatic rings. The van der Waals surface area contributed by atoms with Crippen LogP contribution in [0.15, 0.2) is 52.4 Å². The molecule has 0 aliphatic carbocycles. The summed E-state index contributed by atoms with van der Waals surface area (Å²) in [7, 11) is 6.69. The number of benzene rings is 2. The fourth-order valence-electron chi connectivity index (χ4n) is 3.44. The molecule has 8 nitrogen and oxygen atoms in total. The van der Waals surface area contributed by atoms with Crippen molar-refractivity contribution in [1.82, 2.24) is 14.1 Å². The van der Waals surface area contributed by atoms with Gasteiger partial charge in [0.2, 0.25) is 5.91 Å². The van der Waals surface area contributed by atoms with Crippen LogP contribution in [-0.2, 0) is 18.9 Å². The van der Waals surface area contributed by atoms with E-state index < -0.39 is 0 Å². The highest BCUT2D eigenvalue weighted by Crippen LogP contribution is 2.29. The van der Waals surface area contributed by atoms with Gasteiger partial charge in [-0.1, -0.05) is 11.8 Å². The molecule has 0 saturated carbocycles. The van der Waals surface area contributed by atoms with E-state index in [0.717, 1.165) is 10.9 Å². The van der Waals surface area contributed by atoms with Crippen LogP contribution in [0.2, 0.25) is 0 Å². The van der Waals surface area contributed by atoms with Gasteiger partial charge < -0.3 is 19.4 Å². The summed E-state index contributed by atoms with van der Waals surface area (Å²) in [4.78, 5) is 30.2. The van der Waals surface area contributed by atoms with E-state index in [-0.39, 0.29) is 17.2 Å². The first-order chi connectivity index (χ1) is 14.9. The predicted molar refractivity (Wildman–Crippen MR) is 122 cm³/mol. The van der Waals surface area contributed by atoms with Crippen molar-refractivity contribution in [3.63, 3.8) is 0 Å². The standard InChI is InChI=1S/C22H22N4O4S/c1-25-17-10-9-15(30-4)11-16(17)19-20(25)21(28)26(2)22(24-19)31-12-18(27)23-13-5-7-14(29-3)8-6-13/h5-11H,12H2,1-4H3,(H,23,27). The van der Waals surface area contributed by atoms with Crippen LogP contribution in [0.1, 0.15) is 0 Å². The first-order valence-corrected chi connectivity index (χ1v) is 10.5. The maximum Gasteiger partial charge on any atom is 0.278 e. The molecule has 1 N–H and O–H groups in total. The Hall–Kier alpha value is -3.46. The second-order valence-corrected chi connectivity index (χ2v) is 7.91. The van der Waals surface area contributed by atoms with Crippen LogP contribution in [-0.4, -0.2) is 40.0 Å². The first-order valence-electron chi connectivity index (χ1n) is 9.52. The second-order valence-electron chi connectivity index (χ2n) is 6.96. The lowest BCUT2D eigenvalue weighted by molar-refractivity contribution is -0.113. The summed E-state index contributed by atoms with van der Waals surface area (Å²) in [6.45, 7) is 0. The van der Waals surface area contributed by atoms with Gasteiger partial charge in [-0.15, -0.1) is 0 Å². The van der Waals surface area contributed by atoms with Gasteiger partial charge in [-0.25, -0.2) is 4.98 Å². The first kappa shape index (κ1) is 20.8. The number of anilines is 1. The molecule has 160 valence electrons. The Balaban J connectivity index is 1.62. The molecule has 0 atom stereocenters. The van der Waals surface area contributed by atoms with Crippen molar-refractivity contribution in [3.05, 3.63) is 52.8 Å². The highest BCUT2D eigenvalue weighted by Gasteiger charge is 2.18. The Kier molecular flexibility index (Phi) is 5.60. The molecule has 1 amide bonds. The van der Waals surface area contributed by atoms with E-state index >= 15 is 0 Å². The van der Waals surface area contributed by atoms with E-state index in [1.807, 2.05) is 29.8 Å². The van der Waals surface area contributed by atoms with Crippen molar-refractivity contribution in [2.75, 3.05) is 25.3 Å². The van der Waals surface area contributed by atoms with Crippen LogP contribution < -0.4 is 20.3 Å². The van der Waals surface area contributed by atoms with Crippen LogP contribution in [0.3, 0.4) is 0 Å². The molecule has 0 aliphatic heterocycles. The number of methoxy groups -OCH3 is 2. The second kappa shape index (κ2) is 8.35. The fourth-order valence-corrected chi connectivity index (χ4v) is 4.20. The van der Waals surface area contributed by atoms with Crippen molar-refractivity contribution in [3.8, 4) is 11.5 Å². The molecule has 2 aromatic heterocycles. The van der Waals surface area contributed by atoms with Crippen LogP contribution in [0.4, 0.5) is 5.69 Å². The Morgan fingerprint density at radius 2 is 1.71 bits per heavy atom. The van der Waals surface area contributed by atoms with Gasteiger partial charge in [0.1, 0.15) is 22.5 Å². The molecular weight excluding hydrogens is 416 g/mol. The summed E-state index contributed by atoms with van der Waals surface area (Å²) >= 11 is 1.21. The van der Waals surface area contributed by atoms with Gasteiger partial charge in [-0.2, -0.15) is 0 Å². The third-order valence-electron chi connectivity index (χ3n) is 5.09. The fraction of sp³-hybridized carbons (Fsp3) is 0.227. The SMILES string of the molecule is COc1ccc(NC(=O)CSc2nc3c4cc(OC)ccc4n(C)c3c(=O)n2C)cc1. The number of fused-ring (bicyclic) bond motifs is 3. The maximum atomic E-state index is 13.0. The summed E-state index contributed by atoms with van der Waals surface area (Å²) < 4.78 is 13.8. The molecule has 31 heavy (non-hydrogen) atoms. The Labute approximate surface area is 182 Å². The van der Waals surface area contributed by atoms with E-state index in [1.54, 1.807) is 45.5 Å². The van der Waals surface area contributed by atoms with Gasteiger partial charge in [-0.05, 0) is 42.5 Å². The minimum atomic E-state index is -0.191. The summed E-state index contributed by atoms with van der Waals surface area (Å²) in [6.07, 6.45) is 0. The molecule has 2 aromatic carbocycles. The number of aromatic nitrogens is 3. The molecule has 4 rings (SSSR count). The number of nitrogens with one attached hydrogen (secondary N) is 1. The number of hydrogen-bond acceptors (Lipinski definition) is 6. The van der Waals surface area contributed by atoms with Crippen molar-refractivity contribution in [2.45, 2.75) is 5.16 Å². The quantitative estimate of drug-likeness (QED) is 0.368. The zero-order valence-corrected chi connectivity index (χ0v) is 18.4. The maximum absolute atomic E-state index is 13.0. The van der Waals surface area contributed by atoms with E-state index in [9.17, 15) is 9.59 Å². The lowest BCUT2D eigenvalue weighted by Crippen LogP contribution is -2.22. The van der Waals surface area contributed by atoms with Gasteiger partial charge in [0, 0.05) is 25.2 Å². The third kappa shape index (κ3) is 3.84. The van der Waals surface area contributed by atoms with Crippen LogP contribution in [0.25, 0.3) is 21.9 Å². The van der Waals surface area contributed by atoms with E-state index in [2.05, 4.69) is 5.32 Å². The van der Waals surface area contributed by atoms with Crippen molar-refractivity contribution in [1.29, 1.82) is 0 Å². The normalized spacial score (nSPS) is 11.1. The highest BCUT2D eigenvalue weighted by atomic mass is 32.2. The molecule has 2 heterocycles. The molecule has 0 aliphatic rings. The Morgan fingerprint density at radius 3 is 2.39 bits per heavy atom. The third-order valence-corrected chi connectivity index (χ3v) is 6.12. The molecule has 0 radical (unpaired) electrons. The molecule has 0 bridgehead atoms. The van der Waals surface area contributed by atoms with Gasteiger partial charge in [-0.3, -0.25) is 14.2 Å². The number of carbonyl (C=O) groups is 1. The largest absolute Gasteiger partial charge is 0.497 e. The van der Waals surface area contributed by atoms with Crippen LogP contribution in [0, 0.1) is 0 Å². The average molecular weight is 439 g/mol. The van der Waals surface area contributed by atoms with Gasteiger partial charge >= 0.3 is 0 Å². The molecule has 0 fully saturated rings. The minimum absolute atomic E-state index is 0.117. The molecule has 0 spiro atoms. The number of ether oxygens (including phenoxy) is 2. The number of thioether (sulfide) groups is 1. The summed E-state index contributed by atoms with van der Waals surface area (Å²) in [5.74, 6) is 1.33. The van der Waals surface area contributed by atoms with Crippen molar-refractivity contribution < 1.29 is 14.3 Å². The van der Waals surface area contributed by atoms with Gasteiger partial charge in [0.25, 0.3) is 5.56 Å². The zero-order valence-electron chi connectivity index (χ0n) is 17.6. The Bertz CT molecular complexity index is 1340. The van der Waals surface area contributed by atoms with Gasteiger partial charge in [0.05, 0.1) is 25.5 Å². The van der Waals surface area contributed by atoms with E-state index in [1.165, 1.54) is 16.3 Å². The number of rotatable bonds is 6. The molecule has 9 heteroatoms. The van der Waals surface area contributed by atoms with Crippen LogP contribution >= 0.6 is 11.8 Å². The number of aryl methyl sites for hydroxylation is 1. The zero-order chi connectivity index (χ0) is 22.1. The van der Waals surface area contributed by atoms with Crippen molar-refractivity contribution in [2.24, 2.45) is 14.1 Å². The molecule has 0 unspecified atom stereocenters. The summed E-state index contributed by atoms with van der Waals surface area (Å²) in [6, 6.07) is 12.7. The number of hydrogen-bond donors (Lipinski definition) is 1. The Morgan fingerprint density at radius 1 is 1.03 bits per heavy atom. The van der Waals surface area contributed by atoms with Crippen molar-refractivity contribution >= 4 is 45.3 Å². The lowest BCUT2D eigenvalue weighted by Gasteiger charge is -2.09. The topological polar surface area (TPSA) is 87.4 Å². The van der Waals surface area contributed by atoms with Crippen LogP contribution in [0.5, 0.6) is 11.5 Å². The van der Waals surface area contributed by atoms with E-state index in [0.29, 0.717) is 33.4 Å². The highest BCUT2D eigenvalue weighted by molar-refractivity contribution is 7.99. The predicted octanol–water partition coefficient (Wildman–Crippen LogP) is 3.17. The molecular formula is C22H22N4O4S. The number of carbonyl (C=O) groups excluding carboxylic acids is 1. The molecule has 0 saturated heterocycles. The lowest BCUT2D eigenvalue weighted by atomic mass is 10.2.